The molecule has 1 heterocycles. The summed E-state index contributed by atoms with van der Waals surface area (Å²) in [5.74, 6) is -0.0986. The second-order valence-electron chi connectivity index (χ2n) is 5.29. The highest BCUT2D eigenvalue weighted by Crippen LogP contribution is 2.34. The van der Waals surface area contributed by atoms with E-state index < -0.39 is 22.4 Å². The van der Waals surface area contributed by atoms with E-state index in [9.17, 15) is 28.1 Å². The van der Waals surface area contributed by atoms with Gasteiger partial charge in [0.05, 0.1) is 10.5 Å². The molecule has 1 saturated heterocycles. The lowest BCUT2D eigenvalue weighted by Gasteiger charge is -2.27. The number of alkyl halides is 3. The monoisotopic (exact) mass is 346 g/mol. The van der Waals surface area contributed by atoms with Crippen LogP contribution in [0, 0.1) is 10.1 Å². The summed E-state index contributed by atoms with van der Waals surface area (Å²) in [6, 6.07) is 2.27. The first-order chi connectivity index (χ1) is 11.3. The summed E-state index contributed by atoms with van der Waals surface area (Å²) in [6.45, 7) is 2.72. The molecule has 1 aliphatic heterocycles. The Bertz CT molecular complexity index is 616. The number of halogens is 3. The summed E-state index contributed by atoms with van der Waals surface area (Å²) in [7, 11) is 0. The summed E-state index contributed by atoms with van der Waals surface area (Å²) in [5, 5.41) is 16.7. The molecule has 2 N–H and O–H groups in total. The van der Waals surface area contributed by atoms with Crippen molar-refractivity contribution < 1.29 is 22.9 Å². The molecule has 1 fully saturated rings. The molecule has 0 bridgehead atoms. The molecule has 0 aliphatic carbocycles. The van der Waals surface area contributed by atoms with Crippen molar-refractivity contribution in [3.05, 3.63) is 33.9 Å². The van der Waals surface area contributed by atoms with Gasteiger partial charge in [-0.2, -0.15) is 13.2 Å². The first-order valence-electron chi connectivity index (χ1n) is 7.37. The molecule has 1 aromatic carbocycles. The van der Waals surface area contributed by atoms with E-state index in [1.165, 1.54) is 0 Å². The van der Waals surface area contributed by atoms with Crippen LogP contribution in [0.25, 0.3) is 0 Å². The van der Waals surface area contributed by atoms with Crippen LogP contribution in [0.4, 0.5) is 24.5 Å². The Morgan fingerprint density at radius 1 is 1.33 bits per heavy atom. The zero-order chi connectivity index (χ0) is 17.7. The highest BCUT2D eigenvalue weighted by Gasteiger charge is 2.33. The fourth-order valence-corrected chi connectivity index (χ4v) is 2.38. The molecule has 24 heavy (non-hydrogen) atoms. The Labute approximate surface area is 136 Å². The quantitative estimate of drug-likeness (QED) is 0.628. The minimum Gasteiger partial charge on any atom is -0.379 e. The number of nitrogens with one attached hydrogen (secondary N) is 2. The first-order valence-corrected chi connectivity index (χ1v) is 7.37. The Morgan fingerprint density at radius 3 is 2.58 bits per heavy atom. The third kappa shape index (κ3) is 4.57. The van der Waals surface area contributed by atoms with Gasteiger partial charge in [0.2, 0.25) is 5.91 Å². The average Bonchev–Trinajstić information content (AvgIpc) is 2.54. The maximum absolute atomic E-state index is 12.6. The van der Waals surface area contributed by atoms with Crippen molar-refractivity contribution in [3.8, 4) is 0 Å². The predicted octanol–water partition coefficient (Wildman–Crippen LogP) is 1.85. The molecule has 0 aromatic heterocycles. The van der Waals surface area contributed by atoms with Crippen LogP contribution in [-0.4, -0.2) is 48.5 Å². The largest absolute Gasteiger partial charge is 0.416 e. The lowest BCUT2D eigenvalue weighted by molar-refractivity contribution is -0.384. The number of nitro groups is 1. The third-order valence-corrected chi connectivity index (χ3v) is 3.65. The molecular weight excluding hydrogens is 329 g/mol. The molecule has 0 spiro atoms. The van der Waals surface area contributed by atoms with Gasteiger partial charge in [-0.3, -0.25) is 14.9 Å². The van der Waals surface area contributed by atoms with Crippen molar-refractivity contribution in [1.29, 1.82) is 0 Å². The standard InChI is InChI=1S/C14H17F3N4O3/c15-14(16,17)10-1-2-11(12(9-10)21(23)24)19-4-3-13(22)20-7-5-18-6-8-20/h1-2,9,18-19H,3-8H2. The van der Waals surface area contributed by atoms with Gasteiger partial charge >= 0.3 is 6.18 Å². The third-order valence-electron chi connectivity index (χ3n) is 3.65. The van der Waals surface area contributed by atoms with E-state index in [1.807, 2.05) is 0 Å². The summed E-state index contributed by atoms with van der Waals surface area (Å²) in [4.78, 5) is 23.7. The SMILES string of the molecule is O=C(CCNc1ccc(C(F)(F)F)cc1[N+](=O)[O-])N1CCNCC1. The Morgan fingerprint density at radius 2 is 2.00 bits per heavy atom. The molecule has 0 unspecified atom stereocenters. The molecule has 0 radical (unpaired) electrons. The summed E-state index contributed by atoms with van der Waals surface area (Å²) in [5.41, 5.74) is -1.79. The minimum atomic E-state index is -4.65. The molecule has 1 aromatic rings. The first kappa shape index (κ1) is 18.0. The van der Waals surface area contributed by atoms with Gasteiger partial charge < -0.3 is 15.5 Å². The molecule has 1 amide bonds. The summed E-state index contributed by atoms with van der Waals surface area (Å²) in [6.07, 6.45) is -4.54. The minimum absolute atomic E-state index is 0.0406. The van der Waals surface area contributed by atoms with Crippen LogP contribution in [0.1, 0.15) is 12.0 Å². The van der Waals surface area contributed by atoms with Gasteiger partial charge in [-0.05, 0) is 12.1 Å². The number of amides is 1. The number of rotatable bonds is 5. The van der Waals surface area contributed by atoms with Crippen LogP contribution >= 0.6 is 0 Å². The van der Waals surface area contributed by atoms with Crippen molar-refractivity contribution in [3.63, 3.8) is 0 Å². The predicted molar refractivity (Wildman–Crippen MR) is 80.7 cm³/mol. The van der Waals surface area contributed by atoms with Crippen molar-refractivity contribution in [2.24, 2.45) is 0 Å². The van der Waals surface area contributed by atoms with E-state index in [1.54, 1.807) is 4.90 Å². The molecular formula is C14H17F3N4O3. The Hall–Kier alpha value is -2.36. The van der Waals surface area contributed by atoms with Crippen molar-refractivity contribution in [2.75, 3.05) is 38.0 Å². The van der Waals surface area contributed by atoms with Crippen LogP contribution in [0.15, 0.2) is 18.2 Å². The number of benzene rings is 1. The van der Waals surface area contributed by atoms with Gasteiger partial charge in [-0.25, -0.2) is 0 Å². The molecule has 1 aliphatic rings. The number of anilines is 1. The number of hydrogen-bond donors (Lipinski definition) is 2. The smallest absolute Gasteiger partial charge is 0.379 e. The van der Waals surface area contributed by atoms with Crippen LogP contribution < -0.4 is 10.6 Å². The van der Waals surface area contributed by atoms with Crippen LogP contribution in [0.3, 0.4) is 0 Å². The molecule has 10 heteroatoms. The van der Waals surface area contributed by atoms with Crippen LogP contribution in [0.5, 0.6) is 0 Å². The van der Waals surface area contributed by atoms with E-state index in [4.69, 9.17) is 0 Å². The second kappa shape index (κ2) is 7.47. The number of piperazine rings is 1. The average molecular weight is 346 g/mol. The molecule has 132 valence electrons. The molecule has 2 rings (SSSR count). The molecule has 0 atom stereocenters. The number of carbonyl (C=O) groups is 1. The second-order valence-corrected chi connectivity index (χ2v) is 5.29. The van der Waals surface area contributed by atoms with E-state index in [0.29, 0.717) is 32.2 Å². The Balaban J connectivity index is 1.98. The van der Waals surface area contributed by atoms with Gasteiger partial charge in [0.1, 0.15) is 5.69 Å². The fraction of sp³-hybridized carbons (Fsp3) is 0.500. The lowest BCUT2D eigenvalue weighted by Crippen LogP contribution is -2.46. The van der Waals surface area contributed by atoms with Crippen molar-refractivity contribution in [1.82, 2.24) is 10.2 Å². The number of nitro benzene ring substituents is 1. The molecule has 0 saturated carbocycles. The highest BCUT2D eigenvalue weighted by atomic mass is 19.4. The number of hydrogen-bond acceptors (Lipinski definition) is 5. The van der Waals surface area contributed by atoms with Crippen LogP contribution in [-0.2, 0) is 11.0 Å². The lowest BCUT2D eigenvalue weighted by atomic mass is 10.1. The zero-order valence-electron chi connectivity index (χ0n) is 12.7. The van der Waals surface area contributed by atoms with Crippen molar-refractivity contribution in [2.45, 2.75) is 12.6 Å². The van der Waals surface area contributed by atoms with E-state index in [-0.39, 0.29) is 24.6 Å². The summed E-state index contributed by atoms with van der Waals surface area (Å²) < 4.78 is 37.9. The number of carbonyl (C=O) groups excluding carboxylic acids is 1. The van der Waals surface area contributed by atoms with Crippen LogP contribution in [0.2, 0.25) is 0 Å². The van der Waals surface area contributed by atoms with Crippen molar-refractivity contribution >= 4 is 17.3 Å². The van der Waals surface area contributed by atoms with E-state index >= 15 is 0 Å². The van der Waals surface area contributed by atoms with Gasteiger partial charge in [-0.15, -0.1) is 0 Å². The zero-order valence-corrected chi connectivity index (χ0v) is 12.7. The maximum Gasteiger partial charge on any atom is 0.416 e. The molecule has 7 nitrogen and oxygen atoms in total. The topological polar surface area (TPSA) is 87.5 Å². The maximum atomic E-state index is 12.6. The number of nitrogens with zero attached hydrogens (tertiary/aromatic N) is 2. The fourth-order valence-electron chi connectivity index (χ4n) is 2.38. The highest BCUT2D eigenvalue weighted by molar-refractivity contribution is 5.77. The van der Waals surface area contributed by atoms with E-state index in [0.717, 1.165) is 12.1 Å². The van der Waals surface area contributed by atoms with Gasteiger partial charge in [-0.1, -0.05) is 0 Å². The van der Waals surface area contributed by atoms with E-state index in [2.05, 4.69) is 10.6 Å². The van der Waals surface area contributed by atoms with Gasteiger partial charge in [0, 0.05) is 45.2 Å². The Kier molecular flexibility index (Phi) is 5.60. The summed E-state index contributed by atoms with van der Waals surface area (Å²) >= 11 is 0. The van der Waals surface area contributed by atoms with Gasteiger partial charge in [0.15, 0.2) is 0 Å². The van der Waals surface area contributed by atoms with Gasteiger partial charge in [0.25, 0.3) is 5.69 Å². The normalized spacial score (nSPS) is 15.2.